The van der Waals surface area contributed by atoms with Gasteiger partial charge in [-0.2, -0.15) is 0 Å². The van der Waals surface area contributed by atoms with E-state index in [1.807, 2.05) is 0 Å². The molecular formula is C11H15FN4. The minimum Gasteiger partial charge on any atom is -0.353 e. The van der Waals surface area contributed by atoms with Gasteiger partial charge in [-0.05, 0) is 12.1 Å². The van der Waals surface area contributed by atoms with Gasteiger partial charge in [0.2, 0.25) is 0 Å². The molecule has 1 aromatic heterocycles. The largest absolute Gasteiger partial charge is 0.353 e. The van der Waals surface area contributed by atoms with E-state index in [2.05, 4.69) is 27.2 Å². The van der Waals surface area contributed by atoms with Gasteiger partial charge in [-0.25, -0.2) is 4.39 Å². The molecule has 0 unspecified atom stereocenters. The molecule has 0 amide bonds. The summed E-state index contributed by atoms with van der Waals surface area (Å²) in [7, 11) is 1.65. The normalized spacial score (nSPS) is 11.0. The third-order valence-electron chi connectivity index (χ3n) is 1.90. The van der Waals surface area contributed by atoms with Crippen molar-refractivity contribution in [2.45, 2.75) is 6.54 Å². The molecule has 86 valence electrons. The molecule has 5 heteroatoms. The lowest BCUT2D eigenvalue weighted by Gasteiger charge is -2.10. The van der Waals surface area contributed by atoms with Crippen molar-refractivity contribution in [2.24, 2.45) is 4.99 Å². The monoisotopic (exact) mass is 222 g/mol. The minimum absolute atomic E-state index is 0.295. The summed E-state index contributed by atoms with van der Waals surface area (Å²) < 4.78 is 13.2. The molecule has 0 saturated carbocycles. The highest BCUT2D eigenvalue weighted by Gasteiger charge is 2.02. The fourth-order valence-corrected chi connectivity index (χ4v) is 1.11. The molecule has 1 rings (SSSR count). The molecule has 0 saturated heterocycles. The molecule has 16 heavy (non-hydrogen) atoms. The molecule has 1 heterocycles. The number of nitrogens with one attached hydrogen (secondary N) is 2. The van der Waals surface area contributed by atoms with Crippen LogP contribution < -0.4 is 10.6 Å². The first kappa shape index (κ1) is 12.2. The van der Waals surface area contributed by atoms with Gasteiger partial charge in [0.25, 0.3) is 0 Å². The van der Waals surface area contributed by atoms with E-state index >= 15 is 0 Å². The average Bonchev–Trinajstić information content (AvgIpc) is 2.31. The van der Waals surface area contributed by atoms with E-state index in [1.54, 1.807) is 25.4 Å². The molecule has 0 aliphatic rings. The Hall–Kier alpha value is -1.91. The van der Waals surface area contributed by atoms with Crippen LogP contribution in [0.1, 0.15) is 5.69 Å². The van der Waals surface area contributed by atoms with Gasteiger partial charge >= 0.3 is 0 Å². The number of guanidine groups is 1. The Labute approximate surface area is 94.3 Å². The second-order valence-electron chi connectivity index (χ2n) is 3.03. The van der Waals surface area contributed by atoms with Crippen molar-refractivity contribution in [3.8, 4) is 0 Å². The van der Waals surface area contributed by atoms with Crippen LogP contribution in [-0.2, 0) is 6.54 Å². The van der Waals surface area contributed by atoms with Crippen molar-refractivity contribution in [1.82, 2.24) is 15.6 Å². The van der Waals surface area contributed by atoms with E-state index in [4.69, 9.17) is 0 Å². The third-order valence-corrected chi connectivity index (χ3v) is 1.90. The number of hydrogen-bond acceptors (Lipinski definition) is 2. The molecule has 0 bridgehead atoms. The van der Waals surface area contributed by atoms with Crippen LogP contribution in [0.15, 0.2) is 36.0 Å². The van der Waals surface area contributed by atoms with Gasteiger partial charge in [0.1, 0.15) is 5.82 Å². The average molecular weight is 222 g/mol. The van der Waals surface area contributed by atoms with Gasteiger partial charge < -0.3 is 10.6 Å². The molecule has 0 aliphatic heterocycles. The smallest absolute Gasteiger partial charge is 0.191 e. The maximum absolute atomic E-state index is 13.2. The van der Waals surface area contributed by atoms with Gasteiger partial charge in [0.05, 0.1) is 12.2 Å². The summed E-state index contributed by atoms with van der Waals surface area (Å²) in [6.07, 6.45) is 3.27. The number of aromatic nitrogens is 1. The van der Waals surface area contributed by atoms with Crippen molar-refractivity contribution in [2.75, 3.05) is 13.6 Å². The summed E-state index contributed by atoms with van der Waals surface area (Å²) in [6.45, 7) is 4.48. The van der Waals surface area contributed by atoms with Crippen LogP contribution in [0.2, 0.25) is 0 Å². The number of nitrogens with zero attached hydrogens (tertiary/aromatic N) is 2. The van der Waals surface area contributed by atoms with Crippen LogP contribution in [0, 0.1) is 5.82 Å². The molecule has 0 aromatic carbocycles. The van der Waals surface area contributed by atoms with Crippen molar-refractivity contribution >= 4 is 5.96 Å². The molecule has 0 aliphatic carbocycles. The molecule has 0 atom stereocenters. The highest BCUT2D eigenvalue weighted by atomic mass is 19.1. The fourth-order valence-electron chi connectivity index (χ4n) is 1.11. The number of aliphatic imine (C=N–C) groups is 1. The number of rotatable bonds is 4. The molecule has 0 spiro atoms. The van der Waals surface area contributed by atoms with Gasteiger partial charge in [-0.3, -0.25) is 9.98 Å². The second kappa shape index (κ2) is 6.55. The van der Waals surface area contributed by atoms with Crippen molar-refractivity contribution in [3.05, 3.63) is 42.5 Å². The maximum atomic E-state index is 13.2. The second-order valence-corrected chi connectivity index (χ2v) is 3.03. The zero-order valence-electron chi connectivity index (χ0n) is 9.20. The predicted molar refractivity (Wildman–Crippen MR) is 62.6 cm³/mol. The molecular weight excluding hydrogens is 207 g/mol. The summed E-state index contributed by atoms with van der Waals surface area (Å²) in [5, 5.41) is 5.93. The standard InChI is InChI=1S/C11H15FN4/c1-3-6-15-11(13-2)16-8-10-9(12)5-4-7-14-10/h3-5,7H,1,6,8H2,2H3,(H2,13,15,16). The summed E-state index contributed by atoms with van der Waals surface area (Å²) >= 11 is 0. The summed E-state index contributed by atoms with van der Waals surface area (Å²) in [5.74, 6) is 0.263. The summed E-state index contributed by atoms with van der Waals surface area (Å²) in [5.41, 5.74) is 0.365. The van der Waals surface area contributed by atoms with E-state index < -0.39 is 0 Å². The lowest BCUT2D eigenvalue weighted by atomic mass is 10.3. The fraction of sp³-hybridized carbons (Fsp3) is 0.273. The summed E-state index contributed by atoms with van der Waals surface area (Å²) in [4.78, 5) is 7.89. The van der Waals surface area contributed by atoms with Gasteiger partial charge in [0.15, 0.2) is 5.96 Å². The Morgan fingerprint density at radius 2 is 2.44 bits per heavy atom. The Morgan fingerprint density at radius 1 is 1.62 bits per heavy atom. The van der Waals surface area contributed by atoms with Gasteiger partial charge in [-0.1, -0.05) is 6.08 Å². The topological polar surface area (TPSA) is 49.3 Å². The number of halogens is 1. The minimum atomic E-state index is -0.325. The van der Waals surface area contributed by atoms with E-state index in [9.17, 15) is 4.39 Å². The molecule has 0 fully saturated rings. The van der Waals surface area contributed by atoms with Gasteiger partial charge in [-0.15, -0.1) is 6.58 Å². The highest BCUT2D eigenvalue weighted by Crippen LogP contribution is 2.01. The van der Waals surface area contributed by atoms with Crippen molar-refractivity contribution in [3.63, 3.8) is 0 Å². The lowest BCUT2D eigenvalue weighted by Crippen LogP contribution is -2.37. The first-order valence-electron chi connectivity index (χ1n) is 4.92. The molecule has 4 nitrogen and oxygen atoms in total. The van der Waals surface area contributed by atoms with E-state index in [0.29, 0.717) is 24.7 Å². The lowest BCUT2D eigenvalue weighted by molar-refractivity contribution is 0.593. The Morgan fingerprint density at radius 3 is 3.06 bits per heavy atom. The zero-order valence-corrected chi connectivity index (χ0v) is 9.20. The molecule has 2 N–H and O–H groups in total. The van der Waals surface area contributed by atoms with E-state index in [-0.39, 0.29) is 5.82 Å². The SMILES string of the molecule is C=CCNC(=NC)NCc1ncccc1F. The zero-order chi connectivity index (χ0) is 11.8. The Balaban J connectivity index is 2.50. The van der Waals surface area contributed by atoms with Crippen LogP contribution in [0.4, 0.5) is 4.39 Å². The number of pyridine rings is 1. The van der Waals surface area contributed by atoms with Gasteiger partial charge in [0, 0.05) is 19.8 Å². The molecule has 1 aromatic rings. The van der Waals surface area contributed by atoms with Crippen LogP contribution in [0.25, 0.3) is 0 Å². The first-order valence-corrected chi connectivity index (χ1v) is 4.92. The van der Waals surface area contributed by atoms with Crippen molar-refractivity contribution < 1.29 is 4.39 Å². The van der Waals surface area contributed by atoms with E-state index in [0.717, 1.165) is 0 Å². The van der Waals surface area contributed by atoms with E-state index in [1.165, 1.54) is 6.07 Å². The first-order chi connectivity index (χ1) is 7.77. The third kappa shape index (κ3) is 3.68. The van der Waals surface area contributed by atoms with Crippen LogP contribution in [0.5, 0.6) is 0 Å². The summed E-state index contributed by atoms with van der Waals surface area (Å²) in [6, 6.07) is 2.94. The quantitative estimate of drug-likeness (QED) is 0.455. The Bertz CT molecular complexity index is 376. The number of hydrogen-bond donors (Lipinski definition) is 2. The van der Waals surface area contributed by atoms with Crippen LogP contribution >= 0.6 is 0 Å². The Kier molecular flexibility index (Phi) is 4.98. The van der Waals surface area contributed by atoms with Crippen LogP contribution in [0.3, 0.4) is 0 Å². The maximum Gasteiger partial charge on any atom is 0.191 e. The highest BCUT2D eigenvalue weighted by molar-refractivity contribution is 5.79. The van der Waals surface area contributed by atoms with Crippen molar-refractivity contribution in [1.29, 1.82) is 0 Å². The molecule has 0 radical (unpaired) electrons. The predicted octanol–water partition coefficient (Wildman–Crippen LogP) is 1.07. The van der Waals surface area contributed by atoms with Crippen LogP contribution in [-0.4, -0.2) is 24.5 Å².